The maximum Gasteiger partial charge on any atom is 0.469 e. The third kappa shape index (κ3) is 3.06. The van der Waals surface area contributed by atoms with Crippen LogP contribution in [-0.2, 0) is 13.8 Å². The Bertz CT molecular complexity index is 913. The average molecular weight is 364 g/mol. The van der Waals surface area contributed by atoms with Crippen molar-refractivity contribution in [2.24, 2.45) is 0 Å². The molecule has 0 saturated carbocycles. The second-order valence-corrected chi connectivity index (χ2v) is 6.33. The number of phosphoric acid groups is 1. The second kappa shape index (κ2) is 5.89. The maximum atomic E-state index is 11.6. The number of aliphatic hydroxyl groups is 2. The fourth-order valence-electron chi connectivity index (χ4n) is 2.41. The molecule has 0 aliphatic carbocycles. The Hall–Kier alpha value is -1.86. The van der Waals surface area contributed by atoms with Gasteiger partial charge in [0.1, 0.15) is 24.0 Å². The number of fused-ring (bicyclic) bond motifs is 1. The Kier molecular flexibility index (Phi) is 4.17. The van der Waals surface area contributed by atoms with Crippen molar-refractivity contribution in [3.05, 3.63) is 27.2 Å². The monoisotopic (exact) mass is 364 g/mol. The fraction of sp³-hybridized carbons (Fsp3) is 0.500. The molecule has 0 amide bonds. The van der Waals surface area contributed by atoms with E-state index < -0.39 is 50.2 Å². The van der Waals surface area contributed by atoms with Crippen molar-refractivity contribution in [3.63, 3.8) is 0 Å². The van der Waals surface area contributed by atoms with E-state index in [0.717, 1.165) is 10.9 Å². The summed E-state index contributed by atoms with van der Waals surface area (Å²) in [6.45, 7) is -0.678. The van der Waals surface area contributed by atoms with Crippen LogP contribution in [-0.4, -0.2) is 64.4 Å². The van der Waals surface area contributed by atoms with E-state index in [4.69, 9.17) is 14.5 Å². The molecule has 1 aliphatic rings. The molecule has 1 saturated heterocycles. The van der Waals surface area contributed by atoms with Gasteiger partial charge < -0.3 is 24.7 Å². The summed E-state index contributed by atoms with van der Waals surface area (Å²) in [4.78, 5) is 48.5. The molecule has 3 heterocycles. The van der Waals surface area contributed by atoms with Crippen LogP contribution < -0.4 is 11.2 Å². The first kappa shape index (κ1) is 17.0. The van der Waals surface area contributed by atoms with Gasteiger partial charge in [-0.25, -0.2) is 14.3 Å². The molecule has 0 bridgehead atoms. The highest BCUT2D eigenvalue weighted by atomic mass is 31.2. The zero-order valence-corrected chi connectivity index (χ0v) is 12.7. The Morgan fingerprint density at radius 2 is 2.00 bits per heavy atom. The van der Waals surface area contributed by atoms with E-state index >= 15 is 0 Å². The molecule has 6 N–H and O–H groups in total. The van der Waals surface area contributed by atoms with E-state index in [1.165, 1.54) is 0 Å². The molecule has 0 aromatic carbocycles. The summed E-state index contributed by atoms with van der Waals surface area (Å²) in [5.41, 5.74) is -1.71. The van der Waals surface area contributed by atoms with Crippen molar-refractivity contribution in [2.45, 2.75) is 24.5 Å². The molecule has 24 heavy (non-hydrogen) atoms. The standard InChI is InChI=1S/C10H13N4O9P/c15-5-3(1-22-24(19,20)21)23-9(6(5)16)14-2-11-4-7(14)12-10(18)13-8(4)17/h2-3,5-6,9,15-16H,1H2,(H2,19,20,21)(H2,12,13,17,18)/t3-,5-,6-,9+/m1/s1. The predicted molar refractivity (Wildman–Crippen MR) is 74.9 cm³/mol. The topological polar surface area (TPSA) is 200 Å². The number of ether oxygens (including phenoxy) is 1. The SMILES string of the molecule is O=c1[nH]c(=O)c2ncn([C@H]3O[C@H](COP(=O)(O)O)[C@@H](O)[C@H]3O)c2[nH]1. The number of aromatic nitrogens is 4. The number of aromatic amines is 2. The average Bonchev–Trinajstić information content (AvgIpc) is 3.00. The van der Waals surface area contributed by atoms with Gasteiger partial charge in [-0.05, 0) is 0 Å². The van der Waals surface area contributed by atoms with Crippen molar-refractivity contribution in [3.8, 4) is 0 Å². The van der Waals surface area contributed by atoms with Crippen molar-refractivity contribution in [1.29, 1.82) is 0 Å². The number of nitrogens with zero attached hydrogens (tertiary/aromatic N) is 2. The van der Waals surface area contributed by atoms with Crippen LogP contribution in [0.1, 0.15) is 6.23 Å². The fourth-order valence-corrected chi connectivity index (χ4v) is 2.75. The molecular weight excluding hydrogens is 351 g/mol. The minimum Gasteiger partial charge on any atom is -0.387 e. The largest absolute Gasteiger partial charge is 0.469 e. The van der Waals surface area contributed by atoms with Crippen molar-refractivity contribution in [1.82, 2.24) is 19.5 Å². The van der Waals surface area contributed by atoms with E-state index in [1.807, 2.05) is 4.98 Å². The molecule has 1 aliphatic heterocycles. The molecule has 13 nitrogen and oxygen atoms in total. The summed E-state index contributed by atoms with van der Waals surface area (Å²) >= 11 is 0. The lowest BCUT2D eigenvalue weighted by Crippen LogP contribution is -2.33. The number of phosphoric ester groups is 1. The third-order valence-electron chi connectivity index (χ3n) is 3.49. The normalized spacial score (nSPS) is 27.8. The highest BCUT2D eigenvalue weighted by molar-refractivity contribution is 7.46. The van der Waals surface area contributed by atoms with E-state index in [-0.39, 0.29) is 11.2 Å². The zero-order chi connectivity index (χ0) is 17.6. The van der Waals surface area contributed by atoms with E-state index in [9.17, 15) is 24.4 Å². The Morgan fingerprint density at radius 3 is 2.67 bits per heavy atom. The summed E-state index contributed by atoms with van der Waals surface area (Å²) in [5, 5.41) is 20.0. The van der Waals surface area contributed by atoms with Crippen LogP contribution in [0.5, 0.6) is 0 Å². The second-order valence-electron chi connectivity index (χ2n) is 5.09. The van der Waals surface area contributed by atoms with Crippen LogP contribution in [0.15, 0.2) is 15.9 Å². The van der Waals surface area contributed by atoms with Crippen molar-refractivity contribution < 1.29 is 33.8 Å². The first-order valence-electron chi connectivity index (χ1n) is 6.58. The van der Waals surface area contributed by atoms with Gasteiger partial charge in [0, 0.05) is 0 Å². The Labute approximate surface area is 131 Å². The predicted octanol–water partition coefficient (Wildman–Crippen LogP) is -2.86. The molecule has 1 fully saturated rings. The summed E-state index contributed by atoms with van der Waals surface area (Å²) in [6, 6.07) is 0. The van der Waals surface area contributed by atoms with Gasteiger partial charge in [0.05, 0.1) is 12.9 Å². The lowest BCUT2D eigenvalue weighted by molar-refractivity contribution is -0.0504. The number of rotatable bonds is 4. The molecule has 4 atom stereocenters. The third-order valence-corrected chi connectivity index (χ3v) is 3.97. The minimum absolute atomic E-state index is 0.0449. The molecule has 0 spiro atoms. The van der Waals surface area contributed by atoms with Gasteiger partial charge in [0.25, 0.3) is 5.56 Å². The van der Waals surface area contributed by atoms with E-state index in [1.54, 1.807) is 0 Å². The molecule has 2 aromatic rings. The molecule has 132 valence electrons. The van der Waals surface area contributed by atoms with E-state index in [2.05, 4.69) is 14.5 Å². The summed E-state index contributed by atoms with van der Waals surface area (Å²) in [5.74, 6) is 0. The van der Waals surface area contributed by atoms with Gasteiger partial charge in [0.15, 0.2) is 11.7 Å². The first-order chi connectivity index (χ1) is 11.2. The molecule has 3 rings (SSSR count). The van der Waals surface area contributed by atoms with Gasteiger partial charge in [0.2, 0.25) is 0 Å². The Morgan fingerprint density at radius 1 is 1.29 bits per heavy atom. The molecule has 0 radical (unpaired) electrons. The zero-order valence-electron chi connectivity index (χ0n) is 11.8. The van der Waals surface area contributed by atoms with Gasteiger partial charge >= 0.3 is 13.5 Å². The number of hydrogen-bond donors (Lipinski definition) is 6. The number of H-pyrrole nitrogens is 2. The number of hydrogen-bond acceptors (Lipinski definition) is 8. The highest BCUT2D eigenvalue weighted by Crippen LogP contribution is 2.38. The van der Waals surface area contributed by atoms with Crippen LogP contribution in [0.3, 0.4) is 0 Å². The number of aliphatic hydroxyl groups excluding tert-OH is 2. The lowest BCUT2D eigenvalue weighted by Gasteiger charge is -2.16. The number of nitrogens with one attached hydrogen (secondary N) is 2. The van der Waals surface area contributed by atoms with Crippen LogP contribution in [0, 0.1) is 0 Å². The minimum atomic E-state index is -4.78. The highest BCUT2D eigenvalue weighted by Gasteiger charge is 2.45. The van der Waals surface area contributed by atoms with Crippen molar-refractivity contribution >= 4 is 19.0 Å². The molecule has 0 unspecified atom stereocenters. The maximum absolute atomic E-state index is 11.6. The van der Waals surface area contributed by atoms with Crippen LogP contribution >= 0.6 is 7.82 Å². The molecular formula is C10H13N4O9P. The molecule has 14 heteroatoms. The number of imidazole rings is 1. The summed E-state index contributed by atoms with van der Waals surface area (Å²) in [7, 11) is -4.78. The summed E-state index contributed by atoms with van der Waals surface area (Å²) < 4.78 is 21.4. The van der Waals surface area contributed by atoms with Crippen LogP contribution in [0.4, 0.5) is 0 Å². The lowest BCUT2D eigenvalue weighted by atomic mass is 10.1. The quantitative estimate of drug-likeness (QED) is 0.307. The van der Waals surface area contributed by atoms with Gasteiger partial charge in [-0.3, -0.25) is 23.9 Å². The first-order valence-corrected chi connectivity index (χ1v) is 8.11. The van der Waals surface area contributed by atoms with Crippen LogP contribution in [0.2, 0.25) is 0 Å². The Balaban J connectivity index is 1.92. The van der Waals surface area contributed by atoms with Gasteiger partial charge in [-0.2, -0.15) is 0 Å². The smallest absolute Gasteiger partial charge is 0.387 e. The van der Waals surface area contributed by atoms with Gasteiger partial charge in [-0.15, -0.1) is 0 Å². The summed E-state index contributed by atoms with van der Waals surface area (Å²) in [6.07, 6.45) is -4.43. The molecule has 2 aromatic heterocycles. The van der Waals surface area contributed by atoms with Crippen molar-refractivity contribution in [2.75, 3.05) is 6.61 Å². The van der Waals surface area contributed by atoms with Crippen LogP contribution in [0.25, 0.3) is 11.2 Å². The van der Waals surface area contributed by atoms with Gasteiger partial charge in [-0.1, -0.05) is 0 Å². The van der Waals surface area contributed by atoms with E-state index in [0.29, 0.717) is 0 Å².